The maximum atomic E-state index is 15.7. The molecule has 0 radical (unpaired) electrons. The zero-order valence-electron chi connectivity index (χ0n) is 28.6. The molecule has 7 rings (SSSR count). The van der Waals surface area contributed by atoms with Crippen LogP contribution in [0.5, 0.6) is 0 Å². The monoisotopic (exact) mass is 679 g/mol. The Morgan fingerprint density at radius 1 is 1.02 bits per heavy atom. The number of anilines is 4. The van der Waals surface area contributed by atoms with Crippen molar-refractivity contribution >= 4 is 40.5 Å². The Morgan fingerprint density at radius 3 is 2.62 bits per heavy atom. The molecule has 2 fully saturated rings. The quantitative estimate of drug-likeness (QED) is 0.263. The van der Waals surface area contributed by atoms with Gasteiger partial charge in [0.15, 0.2) is 11.5 Å². The number of fused-ring (bicyclic) bond motifs is 2. The molecule has 3 aliphatic rings. The number of carbonyl (C=O) groups is 2. The molecule has 0 bridgehead atoms. The number of hydrogen-bond donors (Lipinski definition) is 1. The summed E-state index contributed by atoms with van der Waals surface area (Å²) in [4.78, 5) is 48.6. The number of ether oxygens (including phenoxy) is 1. The Bertz CT molecular complexity index is 1950. The van der Waals surface area contributed by atoms with Crippen LogP contribution in [0.3, 0.4) is 0 Å². The van der Waals surface area contributed by atoms with E-state index in [0.29, 0.717) is 58.6 Å². The van der Waals surface area contributed by atoms with Crippen LogP contribution in [-0.2, 0) is 20.9 Å². The van der Waals surface area contributed by atoms with Crippen LogP contribution in [0.15, 0.2) is 73.0 Å². The Labute approximate surface area is 290 Å². The molecule has 3 aromatic heterocycles. The van der Waals surface area contributed by atoms with E-state index < -0.39 is 11.8 Å². The summed E-state index contributed by atoms with van der Waals surface area (Å²) in [5.74, 6) is -0.301. The number of likely N-dealkylation sites (N-methyl/N-ethyl adjacent to an activating group) is 1. The fraction of sp³-hybridized carbons (Fsp3) is 0.378. The number of esters is 1. The first kappa shape index (κ1) is 33.2. The van der Waals surface area contributed by atoms with Crippen LogP contribution in [0.25, 0.3) is 16.9 Å². The summed E-state index contributed by atoms with van der Waals surface area (Å²) in [5, 5.41) is 3.30. The summed E-state index contributed by atoms with van der Waals surface area (Å²) >= 11 is 0. The first-order valence-electron chi connectivity index (χ1n) is 17.2. The molecule has 1 N–H and O–H groups in total. The van der Waals surface area contributed by atoms with Crippen LogP contribution < -0.4 is 15.1 Å². The first-order chi connectivity index (χ1) is 24.2. The van der Waals surface area contributed by atoms with Gasteiger partial charge in [-0.15, -0.1) is 0 Å². The van der Waals surface area contributed by atoms with Crippen molar-refractivity contribution in [3.63, 3.8) is 0 Å². The van der Waals surface area contributed by atoms with Gasteiger partial charge < -0.3 is 34.1 Å². The van der Waals surface area contributed by atoms with Crippen molar-refractivity contribution in [1.82, 2.24) is 29.2 Å². The van der Waals surface area contributed by atoms with E-state index in [0.717, 1.165) is 69.7 Å². The van der Waals surface area contributed by atoms with E-state index in [4.69, 9.17) is 9.72 Å². The average molecular weight is 680 g/mol. The normalized spacial score (nSPS) is 18.6. The fourth-order valence-corrected chi connectivity index (χ4v) is 6.82. The molecule has 4 aromatic rings. The Morgan fingerprint density at radius 2 is 1.84 bits per heavy atom. The summed E-state index contributed by atoms with van der Waals surface area (Å²) < 4.78 is 23.0. The van der Waals surface area contributed by atoms with Gasteiger partial charge in [-0.25, -0.2) is 19.3 Å². The van der Waals surface area contributed by atoms with E-state index in [9.17, 15) is 9.59 Å². The SMILES string of the molecule is C=C1/C=C2/C(=O)N(c3cc(F)cc(-c4cn5ccnc5c(Nc5ccc(N6CCN(C)CC6)cn5)n4)c3COC(C)=O)CCN2CCCCC1. The number of benzene rings is 1. The third kappa shape index (κ3) is 7.04. The van der Waals surface area contributed by atoms with Gasteiger partial charge in [-0.3, -0.25) is 9.59 Å². The lowest BCUT2D eigenvalue weighted by Gasteiger charge is -2.38. The minimum absolute atomic E-state index is 0.179. The largest absolute Gasteiger partial charge is 0.461 e. The number of nitrogens with zero attached hydrogens (tertiary/aromatic N) is 8. The predicted molar refractivity (Wildman–Crippen MR) is 191 cm³/mol. The highest BCUT2D eigenvalue weighted by Crippen LogP contribution is 2.36. The molecule has 1 amide bonds. The maximum Gasteiger partial charge on any atom is 0.302 e. The second-order valence-electron chi connectivity index (χ2n) is 13.1. The molecule has 1 aromatic carbocycles. The van der Waals surface area contributed by atoms with Gasteiger partial charge in [-0.1, -0.05) is 18.6 Å². The number of amides is 1. The molecule has 2 saturated heterocycles. The number of aromatic nitrogens is 4. The lowest BCUT2D eigenvalue weighted by molar-refractivity contribution is -0.142. The van der Waals surface area contributed by atoms with Crippen molar-refractivity contribution in [3.8, 4) is 11.3 Å². The van der Waals surface area contributed by atoms with Crippen LogP contribution in [-0.4, -0.2) is 93.9 Å². The predicted octanol–water partition coefficient (Wildman–Crippen LogP) is 5.15. The summed E-state index contributed by atoms with van der Waals surface area (Å²) in [6, 6.07) is 6.63. The second-order valence-corrected chi connectivity index (χ2v) is 13.1. The van der Waals surface area contributed by atoms with E-state index >= 15 is 4.39 Å². The number of nitrogens with one attached hydrogen (secondary N) is 1. The van der Waals surface area contributed by atoms with E-state index in [1.165, 1.54) is 19.1 Å². The highest BCUT2D eigenvalue weighted by molar-refractivity contribution is 6.07. The molecule has 0 unspecified atom stereocenters. The number of halogens is 1. The molecular weight excluding hydrogens is 637 g/mol. The fourth-order valence-electron chi connectivity index (χ4n) is 6.82. The smallest absolute Gasteiger partial charge is 0.302 e. The van der Waals surface area contributed by atoms with Crippen molar-refractivity contribution < 1.29 is 18.7 Å². The van der Waals surface area contributed by atoms with Gasteiger partial charge in [0.1, 0.15) is 23.9 Å². The van der Waals surface area contributed by atoms with E-state index in [2.05, 4.69) is 43.6 Å². The highest BCUT2D eigenvalue weighted by Gasteiger charge is 2.33. The topological polar surface area (TPSA) is 111 Å². The number of carbonyl (C=O) groups excluding carboxylic acids is 2. The number of pyridine rings is 1. The molecule has 260 valence electrons. The van der Waals surface area contributed by atoms with Gasteiger partial charge in [-0.2, -0.15) is 0 Å². The van der Waals surface area contributed by atoms with Gasteiger partial charge in [0.05, 0.1) is 23.3 Å². The summed E-state index contributed by atoms with van der Waals surface area (Å²) in [7, 11) is 2.12. The van der Waals surface area contributed by atoms with E-state index in [1.54, 1.807) is 27.9 Å². The van der Waals surface area contributed by atoms with Gasteiger partial charge in [0.2, 0.25) is 0 Å². The number of piperazine rings is 2. The van der Waals surface area contributed by atoms with E-state index in [-0.39, 0.29) is 12.5 Å². The molecule has 6 heterocycles. The van der Waals surface area contributed by atoms with Crippen molar-refractivity contribution in [2.75, 3.05) is 68.0 Å². The second kappa shape index (κ2) is 14.3. The minimum Gasteiger partial charge on any atom is -0.461 e. The van der Waals surface area contributed by atoms with Crippen molar-refractivity contribution in [2.24, 2.45) is 0 Å². The van der Waals surface area contributed by atoms with Crippen molar-refractivity contribution in [3.05, 3.63) is 84.4 Å². The van der Waals surface area contributed by atoms with E-state index in [1.807, 2.05) is 24.4 Å². The molecule has 0 saturated carbocycles. The van der Waals surface area contributed by atoms with Crippen LogP contribution in [0.4, 0.5) is 27.4 Å². The number of imidazole rings is 1. The summed E-state index contributed by atoms with van der Waals surface area (Å²) in [6.07, 6.45) is 12.8. The first-order valence-corrected chi connectivity index (χ1v) is 17.2. The number of allylic oxidation sites excluding steroid dienone is 2. The maximum absolute atomic E-state index is 15.7. The molecule has 0 atom stereocenters. The molecule has 12 nitrogen and oxygen atoms in total. The third-order valence-corrected chi connectivity index (χ3v) is 9.58. The minimum atomic E-state index is -0.548. The Balaban J connectivity index is 1.26. The van der Waals surface area contributed by atoms with Gasteiger partial charge in [0.25, 0.3) is 5.91 Å². The van der Waals surface area contributed by atoms with Gasteiger partial charge >= 0.3 is 5.97 Å². The molecule has 3 aliphatic heterocycles. The van der Waals surface area contributed by atoms with Gasteiger partial charge in [-0.05, 0) is 56.7 Å². The standard InChI is InChI=1S/C37H42FN9O3/c1-25-7-5-4-6-11-45-17-18-47(37(49)33(45)19-25)32-21-27(38)20-29(30(32)24-50-26(2)48)31-23-46-12-10-39-36(46)35(41-31)42-34-9-8-28(22-40-34)44-15-13-43(3)14-16-44/h8-10,12,19-23H,1,4-7,11,13-18,24H2,2-3H3,(H,40,41,42)/b33-19-. The molecule has 50 heavy (non-hydrogen) atoms. The summed E-state index contributed by atoms with van der Waals surface area (Å²) in [6.45, 7) is 10.9. The Kier molecular flexibility index (Phi) is 9.48. The molecular formula is C37H42FN9O3. The van der Waals surface area contributed by atoms with Crippen LogP contribution >= 0.6 is 0 Å². The van der Waals surface area contributed by atoms with Crippen LogP contribution in [0, 0.1) is 5.82 Å². The highest BCUT2D eigenvalue weighted by atomic mass is 19.1. The number of rotatable bonds is 7. The van der Waals surface area contributed by atoms with Crippen molar-refractivity contribution in [1.29, 1.82) is 0 Å². The molecule has 13 heteroatoms. The number of hydrogen-bond acceptors (Lipinski definition) is 10. The summed E-state index contributed by atoms with van der Waals surface area (Å²) in [5.41, 5.74) is 4.63. The average Bonchev–Trinajstić information content (AvgIpc) is 3.61. The third-order valence-electron chi connectivity index (χ3n) is 9.58. The zero-order valence-corrected chi connectivity index (χ0v) is 28.6. The van der Waals surface area contributed by atoms with Crippen LogP contribution in [0.1, 0.15) is 38.2 Å². The van der Waals surface area contributed by atoms with Gasteiger partial charge in [0, 0.05) is 82.5 Å². The zero-order chi connectivity index (χ0) is 34.8. The van der Waals surface area contributed by atoms with Crippen molar-refractivity contribution in [2.45, 2.75) is 39.2 Å². The lowest BCUT2D eigenvalue weighted by Crippen LogP contribution is -2.49. The molecule has 0 spiro atoms. The lowest BCUT2D eigenvalue weighted by atomic mass is 10.0. The molecule has 0 aliphatic carbocycles. The van der Waals surface area contributed by atoms with Crippen LogP contribution in [0.2, 0.25) is 0 Å². The Hall–Kier alpha value is -5.30.